The second kappa shape index (κ2) is 26.6. The van der Waals surface area contributed by atoms with Crippen molar-refractivity contribution in [3.8, 4) is 0 Å². The molecule has 0 amide bonds. The average Bonchev–Trinajstić information content (AvgIpc) is 2.92. The molecule has 0 aliphatic rings. The molecule has 0 spiro atoms. The Morgan fingerprint density at radius 1 is 0.513 bits per heavy atom. The molecule has 39 heavy (non-hydrogen) atoms. The van der Waals surface area contributed by atoms with Crippen LogP contribution >= 0.6 is 0 Å². The Balaban J connectivity index is 4.71. The highest BCUT2D eigenvalue weighted by molar-refractivity contribution is 6.75. The van der Waals surface area contributed by atoms with E-state index in [0.29, 0.717) is 13.0 Å². The molecular weight excluding hydrogens is 508 g/mol. The Morgan fingerprint density at radius 2 is 0.897 bits per heavy atom. The average molecular weight is 569 g/mol. The molecular formula is C32H60O6Si. The van der Waals surface area contributed by atoms with E-state index in [-0.39, 0.29) is 19.0 Å². The molecule has 0 aromatic heterocycles. The van der Waals surface area contributed by atoms with E-state index in [1.165, 1.54) is 57.8 Å². The number of hydrogen-bond donors (Lipinski definition) is 0. The van der Waals surface area contributed by atoms with Crippen molar-refractivity contribution in [2.75, 3.05) is 13.2 Å². The summed E-state index contributed by atoms with van der Waals surface area (Å²) in [6.07, 6.45) is 21.4. The summed E-state index contributed by atoms with van der Waals surface area (Å²) in [6, 6.07) is 3.22. The first-order valence-electron chi connectivity index (χ1n) is 16.2. The molecule has 0 aliphatic carbocycles. The van der Waals surface area contributed by atoms with Gasteiger partial charge in [-0.05, 0) is 31.0 Å². The van der Waals surface area contributed by atoms with Crippen LogP contribution in [0.2, 0.25) is 18.1 Å². The van der Waals surface area contributed by atoms with E-state index in [1.807, 2.05) is 0 Å². The number of esters is 2. The summed E-state index contributed by atoms with van der Waals surface area (Å²) in [4.78, 5) is 36.6. The standard InChI is InChI=1S/C32H60O6Si/c1-5-9-13-17-25-36-30(33)23-24-31(34)37-26-21-22-32(35)38-39(27-18-14-10-6-2,28-19-15-11-7-3)29-20-16-12-8-4/h23-24H,5-22,25-29H2,1-4H3. The molecule has 0 atom stereocenters. The third kappa shape index (κ3) is 22.8. The number of carbonyl (C=O) groups excluding carboxylic acids is 3. The molecule has 7 heteroatoms. The van der Waals surface area contributed by atoms with Crippen LogP contribution in [0.15, 0.2) is 12.2 Å². The fourth-order valence-corrected chi connectivity index (χ4v) is 9.09. The molecule has 0 fully saturated rings. The van der Waals surface area contributed by atoms with Gasteiger partial charge in [0, 0.05) is 18.6 Å². The monoisotopic (exact) mass is 568 g/mol. The first-order valence-corrected chi connectivity index (χ1v) is 18.7. The molecule has 0 radical (unpaired) electrons. The summed E-state index contributed by atoms with van der Waals surface area (Å²) in [7, 11) is -2.15. The molecule has 0 rings (SSSR count). The Bertz CT molecular complexity index is 617. The van der Waals surface area contributed by atoms with Crippen LogP contribution in [0, 0.1) is 0 Å². The summed E-state index contributed by atoms with van der Waals surface area (Å²) < 4.78 is 16.7. The van der Waals surface area contributed by atoms with Crippen LogP contribution in [0.25, 0.3) is 0 Å². The van der Waals surface area contributed by atoms with Gasteiger partial charge in [0.15, 0.2) is 0 Å². The lowest BCUT2D eigenvalue weighted by Gasteiger charge is -2.32. The largest absolute Gasteiger partial charge is 0.519 e. The molecule has 0 aliphatic heterocycles. The van der Waals surface area contributed by atoms with Crippen molar-refractivity contribution in [3.05, 3.63) is 12.2 Å². The number of rotatable bonds is 27. The third-order valence-electron chi connectivity index (χ3n) is 7.16. The zero-order valence-corrected chi connectivity index (χ0v) is 26.9. The molecule has 6 nitrogen and oxygen atoms in total. The summed E-state index contributed by atoms with van der Waals surface area (Å²) in [5.41, 5.74) is 0. The van der Waals surface area contributed by atoms with Crippen LogP contribution < -0.4 is 0 Å². The maximum absolute atomic E-state index is 12.9. The van der Waals surface area contributed by atoms with Crippen molar-refractivity contribution in [1.29, 1.82) is 0 Å². The van der Waals surface area contributed by atoms with Gasteiger partial charge in [-0.1, -0.05) is 124 Å². The van der Waals surface area contributed by atoms with Crippen molar-refractivity contribution >= 4 is 26.2 Å². The second-order valence-electron chi connectivity index (χ2n) is 10.9. The van der Waals surface area contributed by atoms with E-state index in [2.05, 4.69) is 27.7 Å². The minimum Gasteiger partial charge on any atom is -0.519 e. The third-order valence-corrected chi connectivity index (χ3v) is 11.6. The van der Waals surface area contributed by atoms with Crippen LogP contribution in [0.4, 0.5) is 0 Å². The van der Waals surface area contributed by atoms with Crippen LogP contribution in [0.5, 0.6) is 0 Å². The molecule has 228 valence electrons. The molecule has 0 saturated carbocycles. The van der Waals surface area contributed by atoms with E-state index in [1.54, 1.807) is 0 Å². The first kappa shape index (κ1) is 37.4. The molecule has 0 bridgehead atoms. The fourth-order valence-electron chi connectivity index (χ4n) is 4.77. The van der Waals surface area contributed by atoms with Gasteiger partial charge < -0.3 is 13.9 Å². The summed E-state index contributed by atoms with van der Waals surface area (Å²) in [6.45, 7) is 9.29. The lowest BCUT2D eigenvalue weighted by Crippen LogP contribution is -2.40. The minimum atomic E-state index is -2.15. The molecule has 0 heterocycles. The van der Waals surface area contributed by atoms with Gasteiger partial charge in [-0.25, -0.2) is 9.59 Å². The van der Waals surface area contributed by atoms with Crippen molar-refractivity contribution in [2.45, 2.75) is 161 Å². The number of unbranched alkanes of at least 4 members (excludes halogenated alkanes) is 12. The van der Waals surface area contributed by atoms with E-state index < -0.39 is 20.3 Å². The van der Waals surface area contributed by atoms with Crippen molar-refractivity contribution in [3.63, 3.8) is 0 Å². The van der Waals surface area contributed by atoms with E-state index in [9.17, 15) is 14.4 Å². The number of hydrogen-bond acceptors (Lipinski definition) is 6. The molecule has 0 aromatic carbocycles. The SMILES string of the molecule is CCCCCCOC(=O)C=CC(=O)OCCCC(=O)O[Si](CCCCCC)(CCCCCC)CCCCCC. The van der Waals surface area contributed by atoms with Gasteiger partial charge in [0.25, 0.3) is 14.3 Å². The predicted molar refractivity (Wildman–Crippen MR) is 163 cm³/mol. The van der Waals surface area contributed by atoms with Gasteiger partial charge in [-0.15, -0.1) is 0 Å². The van der Waals surface area contributed by atoms with Gasteiger partial charge in [0.05, 0.1) is 13.2 Å². The second-order valence-corrected chi connectivity index (χ2v) is 15.0. The molecule has 0 aromatic rings. The lowest BCUT2D eigenvalue weighted by atomic mass is 10.2. The fraction of sp³-hybridized carbons (Fsp3) is 0.844. The van der Waals surface area contributed by atoms with Gasteiger partial charge in [-0.2, -0.15) is 0 Å². The molecule has 0 unspecified atom stereocenters. The highest BCUT2D eigenvalue weighted by atomic mass is 28.4. The van der Waals surface area contributed by atoms with E-state index >= 15 is 0 Å². The zero-order valence-electron chi connectivity index (χ0n) is 25.9. The van der Waals surface area contributed by atoms with Crippen molar-refractivity contribution in [1.82, 2.24) is 0 Å². The smallest absolute Gasteiger partial charge is 0.331 e. The van der Waals surface area contributed by atoms with Crippen molar-refractivity contribution in [2.24, 2.45) is 0 Å². The summed E-state index contributed by atoms with van der Waals surface area (Å²) >= 11 is 0. The Hall–Kier alpha value is -1.63. The highest BCUT2D eigenvalue weighted by Crippen LogP contribution is 2.31. The predicted octanol–water partition coefficient (Wildman–Crippen LogP) is 9.22. The Morgan fingerprint density at radius 3 is 1.31 bits per heavy atom. The van der Waals surface area contributed by atoms with Gasteiger partial charge in [0.1, 0.15) is 0 Å². The summed E-state index contributed by atoms with van der Waals surface area (Å²) in [5, 5.41) is 0. The number of ether oxygens (including phenoxy) is 2. The minimum absolute atomic E-state index is 0.127. The molecule has 0 saturated heterocycles. The van der Waals surface area contributed by atoms with Gasteiger partial charge in [0.2, 0.25) is 0 Å². The topological polar surface area (TPSA) is 78.9 Å². The Labute approximate surface area is 241 Å². The van der Waals surface area contributed by atoms with Crippen LogP contribution in [0.1, 0.15) is 143 Å². The first-order chi connectivity index (χ1) is 18.9. The zero-order chi connectivity index (χ0) is 29.0. The Kier molecular flexibility index (Phi) is 25.5. The number of carbonyl (C=O) groups is 3. The maximum Gasteiger partial charge on any atom is 0.331 e. The normalized spacial score (nSPS) is 11.6. The van der Waals surface area contributed by atoms with Crippen molar-refractivity contribution < 1.29 is 28.3 Å². The van der Waals surface area contributed by atoms with E-state index in [4.69, 9.17) is 13.9 Å². The molecule has 0 N–H and O–H groups in total. The van der Waals surface area contributed by atoms with E-state index in [0.717, 1.165) is 75.2 Å². The van der Waals surface area contributed by atoms with Crippen LogP contribution in [0.3, 0.4) is 0 Å². The highest BCUT2D eigenvalue weighted by Gasteiger charge is 2.37. The lowest BCUT2D eigenvalue weighted by molar-refractivity contribution is -0.141. The van der Waals surface area contributed by atoms with Crippen LogP contribution in [-0.2, 0) is 28.3 Å². The van der Waals surface area contributed by atoms with Crippen LogP contribution in [-0.4, -0.2) is 39.4 Å². The summed E-state index contributed by atoms with van der Waals surface area (Å²) in [5.74, 6) is -1.27. The van der Waals surface area contributed by atoms with Gasteiger partial charge in [-0.3, -0.25) is 4.79 Å². The maximum atomic E-state index is 12.9. The van der Waals surface area contributed by atoms with Gasteiger partial charge >= 0.3 is 11.9 Å². The quantitative estimate of drug-likeness (QED) is 0.0425.